The smallest absolute Gasteiger partial charge is 0.227 e. The standard InChI is InChI=1S/C22H21N3O/c1-14-7-6-8-16(11-14)17-12-19-21(20(26)13-17)15(2)23-22(25-19)24-18-9-4-3-5-10-18/h3-11,17H,12-13H2,1-2H3,(H,23,24,25)/t17-/m0/s1. The number of benzene rings is 2. The van der Waals surface area contributed by atoms with E-state index in [9.17, 15) is 4.79 Å². The van der Waals surface area contributed by atoms with Crippen molar-refractivity contribution in [3.63, 3.8) is 0 Å². The molecule has 2 aromatic carbocycles. The summed E-state index contributed by atoms with van der Waals surface area (Å²) in [5.41, 5.74) is 5.65. The Bertz CT molecular complexity index is 966. The van der Waals surface area contributed by atoms with Gasteiger partial charge >= 0.3 is 0 Å². The number of hydrogen-bond donors (Lipinski definition) is 1. The number of carbonyl (C=O) groups is 1. The summed E-state index contributed by atoms with van der Waals surface area (Å²) in [6.45, 7) is 3.97. The first-order valence-electron chi connectivity index (χ1n) is 8.89. The van der Waals surface area contributed by atoms with Crippen molar-refractivity contribution in [2.45, 2.75) is 32.6 Å². The van der Waals surface area contributed by atoms with Gasteiger partial charge in [0.2, 0.25) is 5.95 Å². The zero-order valence-corrected chi connectivity index (χ0v) is 15.0. The van der Waals surface area contributed by atoms with E-state index in [1.54, 1.807) is 0 Å². The lowest BCUT2D eigenvalue weighted by Crippen LogP contribution is -2.22. The summed E-state index contributed by atoms with van der Waals surface area (Å²) in [5, 5.41) is 3.24. The molecule has 1 heterocycles. The summed E-state index contributed by atoms with van der Waals surface area (Å²) in [6, 6.07) is 18.2. The molecule has 1 aliphatic carbocycles. The number of nitrogens with one attached hydrogen (secondary N) is 1. The predicted octanol–water partition coefficient (Wildman–Crippen LogP) is 4.75. The van der Waals surface area contributed by atoms with Gasteiger partial charge in [-0.3, -0.25) is 4.79 Å². The van der Waals surface area contributed by atoms with Gasteiger partial charge in [0.05, 0.1) is 17.0 Å². The van der Waals surface area contributed by atoms with Gasteiger partial charge in [-0.05, 0) is 43.9 Å². The molecule has 4 nitrogen and oxygen atoms in total. The Morgan fingerprint density at radius 3 is 2.54 bits per heavy atom. The van der Waals surface area contributed by atoms with Gasteiger partial charge < -0.3 is 5.32 Å². The number of aromatic nitrogens is 2. The van der Waals surface area contributed by atoms with Gasteiger partial charge in [-0.2, -0.15) is 0 Å². The van der Waals surface area contributed by atoms with Crippen molar-refractivity contribution in [2.24, 2.45) is 0 Å². The highest BCUT2D eigenvalue weighted by Gasteiger charge is 2.29. The highest BCUT2D eigenvalue weighted by atomic mass is 16.1. The fraction of sp³-hybridized carbons (Fsp3) is 0.227. The van der Waals surface area contributed by atoms with Crippen LogP contribution in [0, 0.1) is 13.8 Å². The molecule has 1 N–H and O–H groups in total. The Balaban J connectivity index is 1.68. The van der Waals surface area contributed by atoms with E-state index >= 15 is 0 Å². The molecular weight excluding hydrogens is 322 g/mol. The van der Waals surface area contributed by atoms with Crippen LogP contribution in [-0.4, -0.2) is 15.8 Å². The third-order valence-corrected chi connectivity index (χ3v) is 4.86. The van der Waals surface area contributed by atoms with Gasteiger partial charge in [-0.1, -0.05) is 48.0 Å². The van der Waals surface area contributed by atoms with Crippen LogP contribution in [0.1, 0.15) is 45.2 Å². The van der Waals surface area contributed by atoms with Crippen molar-refractivity contribution >= 4 is 17.4 Å². The molecule has 0 saturated carbocycles. The van der Waals surface area contributed by atoms with Crippen LogP contribution < -0.4 is 5.32 Å². The molecule has 26 heavy (non-hydrogen) atoms. The van der Waals surface area contributed by atoms with E-state index in [-0.39, 0.29) is 11.7 Å². The SMILES string of the molecule is Cc1cccc([C@@H]2CC(=O)c3c(C)nc(Nc4ccccc4)nc3C2)c1. The fourth-order valence-corrected chi connectivity index (χ4v) is 3.64. The Labute approximate surface area is 153 Å². The van der Waals surface area contributed by atoms with Gasteiger partial charge in [-0.15, -0.1) is 0 Å². The first-order chi connectivity index (χ1) is 12.6. The summed E-state index contributed by atoms with van der Waals surface area (Å²) in [4.78, 5) is 21.9. The summed E-state index contributed by atoms with van der Waals surface area (Å²) >= 11 is 0. The number of para-hydroxylation sites is 1. The minimum absolute atomic E-state index is 0.140. The van der Waals surface area contributed by atoms with Gasteiger partial charge in [-0.25, -0.2) is 9.97 Å². The van der Waals surface area contributed by atoms with Crippen molar-refractivity contribution in [1.29, 1.82) is 0 Å². The number of ketones is 1. The van der Waals surface area contributed by atoms with E-state index in [4.69, 9.17) is 0 Å². The second-order valence-electron chi connectivity index (χ2n) is 6.89. The first kappa shape index (κ1) is 16.5. The van der Waals surface area contributed by atoms with Crippen molar-refractivity contribution < 1.29 is 4.79 Å². The molecule has 3 aromatic rings. The number of anilines is 2. The van der Waals surface area contributed by atoms with E-state index in [1.165, 1.54) is 11.1 Å². The highest BCUT2D eigenvalue weighted by molar-refractivity contribution is 5.99. The van der Waals surface area contributed by atoms with Crippen molar-refractivity contribution in [1.82, 2.24) is 9.97 Å². The third-order valence-electron chi connectivity index (χ3n) is 4.86. The second kappa shape index (κ2) is 6.71. The third kappa shape index (κ3) is 3.23. The molecule has 4 heteroatoms. The van der Waals surface area contributed by atoms with Crippen LogP contribution in [0.2, 0.25) is 0 Å². The van der Waals surface area contributed by atoms with Crippen LogP contribution in [-0.2, 0) is 6.42 Å². The average Bonchev–Trinajstić information content (AvgIpc) is 2.62. The quantitative estimate of drug-likeness (QED) is 0.745. The fourth-order valence-electron chi connectivity index (χ4n) is 3.64. The molecule has 0 unspecified atom stereocenters. The van der Waals surface area contributed by atoms with Crippen molar-refractivity contribution in [3.05, 3.63) is 82.7 Å². The van der Waals surface area contributed by atoms with Gasteiger partial charge in [0, 0.05) is 12.1 Å². The molecule has 0 radical (unpaired) electrons. The zero-order chi connectivity index (χ0) is 18.1. The number of Topliss-reactive ketones (excluding diaryl/α,β-unsaturated/α-hetero) is 1. The maximum absolute atomic E-state index is 12.7. The first-order valence-corrected chi connectivity index (χ1v) is 8.89. The topological polar surface area (TPSA) is 54.9 Å². The van der Waals surface area contributed by atoms with Crippen molar-refractivity contribution in [3.8, 4) is 0 Å². The second-order valence-corrected chi connectivity index (χ2v) is 6.89. The lowest BCUT2D eigenvalue weighted by Gasteiger charge is -2.25. The summed E-state index contributed by atoms with van der Waals surface area (Å²) in [6.07, 6.45) is 1.28. The number of hydrogen-bond acceptors (Lipinski definition) is 4. The summed E-state index contributed by atoms with van der Waals surface area (Å²) in [7, 11) is 0. The van der Waals surface area contributed by atoms with E-state index in [0.29, 0.717) is 17.9 Å². The maximum atomic E-state index is 12.7. The van der Waals surface area contributed by atoms with E-state index in [1.807, 2.05) is 37.3 Å². The minimum Gasteiger partial charge on any atom is -0.324 e. The lowest BCUT2D eigenvalue weighted by molar-refractivity contribution is 0.0962. The number of carbonyl (C=O) groups excluding carboxylic acids is 1. The van der Waals surface area contributed by atoms with Gasteiger partial charge in [0.15, 0.2) is 5.78 Å². The average molecular weight is 343 g/mol. The van der Waals surface area contributed by atoms with Gasteiger partial charge in [0.1, 0.15) is 0 Å². The molecule has 0 aliphatic heterocycles. The number of rotatable bonds is 3. The molecule has 0 spiro atoms. The minimum atomic E-state index is 0.140. The van der Waals surface area contributed by atoms with Crippen LogP contribution in [0.25, 0.3) is 0 Å². The van der Waals surface area contributed by atoms with Crippen LogP contribution >= 0.6 is 0 Å². The molecule has 1 atom stereocenters. The Morgan fingerprint density at radius 1 is 0.962 bits per heavy atom. The predicted molar refractivity (Wildman–Crippen MR) is 103 cm³/mol. The molecule has 0 saturated heterocycles. The molecule has 4 rings (SSSR count). The summed E-state index contributed by atoms with van der Waals surface area (Å²) < 4.78 is 0. The molecule has 0 bridgehead atoms. The van der Waals surface area contributed by atoms with Crippen LogP contribution in [0.15, 0.2) is 54.6 Å². The number of nitrogens with zero attached hydrogens (tertiary/aromatic N) is 2. The van der Waals surface area contributed by atoms with Crippen LogP contribution in [0.5, 0.6) is 0 Å². The Hall–Kier alpha value is -3.01. The maximum Gasteiger partial charge on any atom is 0.227 e. The Kier molecular flexibility index (Phi) is 4.25. The number of aryl methyl sites for hydroxylation is 2. The largest absolute Gasteiger partial charge is 0.324 e. The molecule has 130 valence electrons. The summed E-state index contributed by atoms with van der Waals surface area (Å²) in [5.74, 6) is 0.862. The monoisotopic (exact) mass is 343 g/mol. The number of fused-ring (bicyclic) bond motifs is 1. The molecule has 1 aliphatic rings. The zero-order valence-electron chi connectivity index (χ0n) is 15.0. The van der Waals surface area contributed by atoms with Crippen LogP contribution in [0.4, 0.5) is 11.6 Å². The molecule has 0 fully saturated rings. The normalized spacial score (nSPS) is 16.2. The highest BCUT2D eigenvalue weighted by Crippen LogP contribution is 2.33. The van der Waals surface area contributed by atoms with Crippen molar-refractivity contribution in [2.75, 3.05) is 5.32 Å². The lowest BCUT2D eigenvalue weighted by atomic mass is 9.81. The molecular formula is C22H21N3O. The van der Waals surface area contributed by atoms with E-state index < -0.39 is 0 Å². The molecule has 0 amide bonds. The van der Waals surface area contributed by atoms with Gasteiger partial charge in [0.25, 0.3) is 0 Å². The van der Waals surface area contributed by atoms with Crippen LogP contribution in [0.3, 0.4) is 0 Å². The van der Waals surface area contributed by atoms with E-state index in [2.05, 4.69) is 46.5 Å². The van der Waals surface area contributed by atoms with E-state index in [0.717, 1.165) is 23.5 Å². The molecule has 1 aromatic heterocycles. The Morgan fingerprint density at radius 2 is 1.77 bits per heavy atom.